The monoisotopic (exact) mass is 222 g/mol. The molecular weight excluding hydrogens is 212 g/mol. The highest BCUT2D eigenvalue weighted by Crippen LogP contribution is 2.31. The Kier molecular flexibility index (Phi) is 2.22. The van der Waals surface area contributed by atoms with Crippen molar-refractivity contribution in [2.45, 2.75) is 0 Å². The number of nitrogens with one attached hydrogen (secondary N) is 1. The van der Waals surface area contributed by atoms with Gasteiger partial charge >= 0.3 is 0 Å². The molecule has 1 aliphatic heterocycles. The summed E-state index contributed by atoms with van der Waals surface area (Å²) in [6, 6.07) is 13.4. The number of carbonyl (C=O) groups is 1. The third-order valence-electron chi connectivity index (χ3n) is 2.83. The molecule has 0 amide bonds. The molecule has 1 heterocycles. The van der Waals surface area contributed by atoms with Crippen molar-refractivity contribution in [2.24, 2.45) is 0 Å². The van der Waals surface area contributed by atoms with Gasteiger partial charge in [-0.3, -0.25) is 4.79 Å². The topological polar surface area (TPSA) is 45.8 Å². The maximum Gasteiger partial charge on any atom is 0.150 e. The van der Waals surface area contributed by atoms with E-state index >= 15 is 0 Å². The van der Waals surface area contributed by atoms with E-state index in [2.05, 4.69) is 9.97 Å². The predicted molar refractivity (Wildman–Crippen MR) is 66.0 cm³/mol. The molecule has 2 aliphatic rings. The average molecular weight is 222 g/mol. The third-order valence-corrected chi connectivity index (χ3v) is 2.83. The highest BCUT2D eigenvalue weighted by molar-refractivity contribution is 5.91. The van der Waals surface area contributed by atoms with Crippen molar-refractivity contribution in [3.63, 3.8) is 0 Å². The maximum atomic E-state index is 11.0. The molecule has 0 saturated heterocycles. The second kappa shape index (κ2) is 3.87. The molecule has 0 aromatic heterocycles. The zero-order chi connectivity index (χ0) is 11.7. The molecule has 82 valence electrons. The lowest BCUT2D eigenvalue weighted by Gasteiger charge is -2.08. The summed E-state index contributed by atoms with van der Waals surface area (Å²) < 4.78 is 0. The van der Waals surface area contributed by atoms with Crippen LogP contribution in [0.2, 0.25) is 0 Å². The van der Waals surface area contributed by atoms with E-state index in [0.717, 1.165) is 28.8 Å². The minimum absolute atomic E-state index is 0.661. The van der Waals surface area contributed by atoms with E-state index in [4.69, 9.17) is 0 Å². The summed E-state index contributed by atoms with van der Waals surface area (Å²) in [5.74, 6) is 0. The minimum atomic E-state index is 0.661. The first-order valence-corrected chi connectivity index (χ1v) is 5.37. The van der Waals surface area contributed by atoms with E-state index in [1.807, 2.05) is 36.4 Å². The van der Waals surface area contributed by atoms with Crippen molar-refractivity contribution in [1.82, 2.24) is 9.97 Å². The van der Waals surface area contributed by atoms with Crippen LogP contribution < -0.4 is 0 Å². The van der Waals surface area contributed by atoms with Crippen molar-refractivity contribution in [2.75, 3.05) is 0 Å². The van der Waals surface area contributed by atoms with Gasteiger partial charge < -0.3 is 4.98 Å². The molecule has 3 nitrogen and oxygen atoms in total. The Labute approximate surface area is 98.5 Å². The van der Waals surface area contributed by atoms with Crippen LogP contribution >= 0.6 is 0 Å². The fourth-order valence-electron chi connectivity index (χ4n) is 2.02. The van der Waals surface area contributed by atoms with E-state index in [-0.39, 0.29) is 0 Å². The van der Waals surface area contributed by atoms with Gasteiger partial charge in [0.1, 0.15) is 0 Å². The molecule has 0 fully saturated rings. The Morgan fingerprint density at radius 1 is 1.00 bits per heavy atom. The highest BCUT2D eigenvalue weighted by atomic mass is 16.1. The van der Waals surface area contributed by atoms with Crippen LogP contribution in [-0.4, -0.2) is 16.3 Å². The number of rotatable bonds is 2. The van der Waals surface area contributed by atoms with E-state index in [1.165, 1.54) is 0 Å². The van der Waals surface area contributed by atoms with Gasteiger partial charge in [-0.1, -0.05) is 36.4 Å². The van der Waals surface area contributed by atoms with Gasteiger partial charge in [-0.15, -0.1) is 0 Å². The van der Waals surface area contributed by atoms with E-state index < -0.39 is 0 Å². The summed E-state index contributed by atoms with van der Waals surface area (Å²) in [4.78, 5) is 18.5. The Morgan fingerprint density at radius 3 is 2.71 bits per heavy atom. The van der Waals surface area contributed by atoms with Crippen molar-refractivity contribution in [3.05, 3.63) is 54.4 Å². The van der Waals surface area contributed by atoms with Crippen molar-refractivity contribution >= 4 is 6.29 Å². The molecule has 1 aromatic carbocycles. The fraction of sp³-hybridized carbons (Fsp3) is 0. The Hall–Kier alpha value is -2.42. The molecule has 1 aromatic rings. The number of aromatic amines is 1. The molecule has 17 heavy (non-hydrogen) atoms. The van der Waals surface area contributed by atoms with Gasteiger partial charge in [0.2, 0.25) is 0 Å². The molecule has 0 radical (unpaired) electrons. The standard InChI is InChI=1S/C14H10N2O/c17-8-10-4-1-2-5-11(10)14-12-6-3-7-13(12)15-9-16-14/h1-9H,(H,15,16). The van der Waals surface area contributed by atoms with Crippen LogP contribution in [-0.2, 0) is 0 Å². The lowest BCUT2D eigenvalue weighted by atomic mass is 10.0. The summed E-state index contributed by atoms with van der Waals surface area (Å²) in [7, 11) is 0. The average Bonchev–Trinajstić information content (AvgIpc) is 2.86. The molecule has 3 rings (SSSR count). The summed E-state index contributed by atoms with van der Waals surface area (Å²) in [6.45, 7) is 0. The predicted octanol–water partition coefficient (Wildman–Crippen LogP) is 2.99. The van der Waals surface area contributed by atoms with Gasteiger partial charge in [-0.25, -0.2) is 4.98 Å². The molecule has 3 heteroatoms. The highest BCUT2D eigenvalue weighted by Gasteiger charge is 2.13. The van der Waals surface area contributed by atoms with Crippen LogP contribution in [0.5, 0.6) is 0 Å². The molecule has 1 aliphatic carbocycles. The van der Waals surface area contributed by atoms with Crippen LogP contribution in [0.3, 0.4) is 0 Å². The second-order valence-corrected chi connectivity index (χ2v) is 3.81. The van der Waals surface area contributed by atoms with E-state index in [1.54, 1.807) is 12.4 Å². The SMILES string of the molecule is O=Cc1ccccc1-c1nc[nH]c2cccc1-2. The first-order valence-electron chi connectivity index (χ1n) is 5.37. The third kappa shape index (κ3) is 1.52. The molecule has 0 bridgehead atoms. The quantitative estimate of drug-likeness (QED) is 0.677. The molecule has 0 atom stereocenters. The van der Waals surface area contributed by atoms with Crippen LogP contribution in [0, 0.1) is 0 Å². The largest absolute Gasteiger partial charge is 0.346 e. The van der Waals surface area contributed by atoms with Crippen LogP contribution in [0.1, 0.15) is 10.4 Å². The van der Waals surface area contributed by atoms with Crippen LogP contribution in [0.4, 0.5) is 0 Å². The Balaban J connectivity index is 2.28. The van der Waals surface area contributed by atoms with Gasteiger partial charge in [-0.2, -0.15) is 0 Å². The number of nitrogens with zero attached hydrogens (tertiary/aromatic N) is 1. The Bertz CT molecular complexity index is 642. The number of aromatic nitrogens is 2. The summed E-state index contributed by atoms with van der Waals surface area (Å²) in [5.41, 5.74) is 4.42. The van der Waals surface area contributed by atoms with Gasteiger partial charge in [0.05, 0.1) is 12.0 Å². The molecule has 1 N–H and O–H groups in total. The fourth-order valence-corrected chi connectivity index (χ4v) is 2.02. The zero-order valence-electron chi connectivity index (χ0n) is 9.05. The van der Waals surface area contributed by atoms with Crippen molar-refractivity contribution < 1.29 is 4.79 Å². The first-order chi connectivity index (χ1) is 8.40. The zero-order valence-corrected chi connectivity index (χ0v) is 9.05. The molecule has 0 saturated carbocycles. The summed E-state index contributed by atoms with van der Waals surface area (Å²) >= 11 is 0. The minimum Gasteiger partial charge on any atom is -0.346 e. The first kappa shape index (κ1) is 9.78. The van der Waals surface area contributed by atoms with Gasteiger partial charge in [0.15, 0.2) is 6.29 Å². The summed E-state index contributed by atoms with van der Waals surface area (Å²) in [6.07, 6.45) is 2.52. The van der Waals surface area contributed by atoms with E-state index in [9.17, 15) is 4.79 Å². The molecular formula is C14H10N2O. The summed E-state index contributed by atoms with van der Waals surface area (Å²) in [5, 5.41) is 0. The lowest BCUT2D eigenvalue weighted by Crippen LogP contribution is -1.94. The number of hydrogen-bond acceptors (Lipinski definition) is 2. The number of benzene rings is 1. The number of fused-ring (bicyclic) bond motifs is 1. The lowest BCUT2D eigenvalue weighted by molar-refractivity contribution is 0.112. The van der Waals surface area contributed by atoms with Crippen molar-refractivity contribution in [3.8, 4) is 22.5 Å². The second-order valence-electron chi connectivity index (χ2n) is 3.81. The van der Waals surface area contributed by atoms with Gasteiger partial charge in [0.25, 0.3) is 0 Å². The number of carbonyl (C=O) groups excluding carboxylic acids is 1. The maximum absolute atomic E-state index is 11.0. The Morgan fingerprint density at radius 2 is 1.82 bits per heavy atom. The molecule has 0 spiro atoms. The number of H-pyrrole nitrogens is 1. The molecule has 0 unspecified atom stereocenters. The number of aldehydes is 1. The van der Waals surface area contributed by atoms with Crippen LogP contribution in [0.25, 0.3) is 22.5 Å². The smallest absolute Gasteiger partial charge is 0.150 e. The normalized spacial score (nSPS) is 10.6. The van der Waals surface area contributed by atoms with E-state index in [0.29, 0.717) is 5.56 Å². The van der Waals surface area contributed by atoms with Gasteiger partial charge in [0, 0.05) is 22.4 Å². The van der Waals surface area contributed by atoms with Gasteiger partial charge in [-0.05, 0) is 6.07 Å². The number of hydrogen-bond donors (Lipinski definition) is 1. The van der Waals surface area contributed by atoms with Crippen molar-refractivity contribution in [1.29, 1.82) is 0 Å². The van der Waals surface area contributed by atoms with Crippen LogP contribution in [0.15, 0.2) is 48.8 Å².